The van der Waals surface area contributed by atoms with Gasteiger partial charge in [-0.2, -0.15) is 0 Å². The van der Waals surface area contributed by atoms with Crippen molar-refractivity contribution in [2.45, 2.75) is 32.4 Å². The predicted molar refractivity (Wildman–Crippen MR) is 99.2 cm³/mol. The molecule has 132 valence electrons. The van der Waals surface area contributed by atoms with Gasteiger partial charge in [-0.05, 0) is 37.1 Å². The second-order valence-corrected chi connectivity index (χ2v) is 6.59. The van der Waals surface area contributed by atoms with Gasteiger partial charge in [-0.1, -0.05) is 30.3 Å². The van der Waals surface area contributed by atoms with E-state index < -0.39 is 5.82 Å². The summed E-state index contributed by atoms with van der Waals surface area (Å²) in [5.74, 6) is -0.703. The second-order valence-electron chi connectivity index (χ2n) is 6.59. The molecule has 0 unspecified atom stereocenters. The van der Waals surface area contributed by atoms with E-state index in [1.165, 1.54) is 18.6 Å². The van der Waals surface area contributed by atoms with Crippen molar-refractivity contribution in [3.05, 3.63) is 59.9 Å². The molecule has 1 amide bonds. The van der Waals surface area contributed by atoms with Crippen LogP contribution in [-0.2, 0) is 4.79 Å². The monoisotopic (exact) mass is 341 g/mol. The molecule has 1 saturated heterocycles. The van der Waals surface area contributed by atoms with Crippen molar-refractivity contribution in [1.29, 1.82) is 0 Å². The number of rotatable bonds is 5. The minimum atomic E-state index is -0.425. The fourth-order valence-electron chi connectivity index (χ4n) is 3.34. The zero-order chi connectivity index (χ0) is 17.8. The number of nitrogens with zero attached hydrogens (tertiary/aromatic N) is 1. The number of carbonyl (C=O) groups is 1. The minimum absolute atomic E-state index is 0.213. The van der Waals surface area contributed by atoms with E-state index in [2.05, 4.69) is 46.7 Å². The van der Waals surface area contributed by atoms with Crippen LogP contribution in [0.1, 0.15) is 31.9 Å². The van der Waals surface area contributed by atoms with E-state index in [9.17, 15) is 9.18 Å². The standard InChI is InChI=1S/C20H24FN3O/c1-14(16-6-4-3-5-7-16)24-11-10-18(13-24)23-17-8-9-19(21)20(12-17)22-15(2)25/h3-9,12,14,18,23H,10-11,13H2,1-2H3,(H,22,25)/t14-,18-/m1/s1. The Balaban J connectivity index is 1.62. The number of nitrogens with one attached hydrogen (secondary N) is 2. The van der Waals surface area contributed by atoms with Crippen molar-refractivity contribution < 1.29 is 9.18 Å². The topological polar surface area (TPSA) is 44.4 Å². The van der Waals surface area contributed by atoms with E-state index in [0.29, 0.717) is 12.1 Å². The van der Waals surface area contributed by atoms with Crippen LogP contribution in [0.4, 0.5) is 15.8 Å². The highest BCUT2D eigenvalue weighted by molar-refractivity contribution is 5.89. The fraction of sp³-hybridized carbons (Fsp3) is 0.350. The molecule has 1 heterocycles. The number of hydrogen-bond acceptors (Lipinski definition) is 3. The molecule has 1 aliphatic heterocycles. The molecule has 0 aliphatic carbocycles. The van der Waals surface area contributed by atoms with Gasteiger partial charge in [-0.25, -0.2) is 4.39 Å². The fourth-order valence-corrected chi connectivity index (χ4v) is 3.34. The molecule has 2 N–H and O–H groups in total. The molecule has 0 saturated carbocycles. The normalized spacial score (nSPS) is 18.8. The SMILES string of the molecule is CC(=O)Nc1cc(N[C@@H]2CCN([C@H](C)c3ccccc3)C2)ccc1F. The van der Waals surface area contributed by atoms with Crippen molar-refractivity contribution >= 4 is 17.3 Å². The number of halogens is 1. The second kappa shape index (κ2) is 7.66. The van der Waals surface area contributed by atoms with Gasteiger partial charge < -0.3 is 10.6 Å². The first-order valence-corrected chi connectivity index (χ1v) is 8.65. The Hall–Kier alpha value is -2.40. The Morgan fingerprint density at radius 1 is 1.24 bits per heavy atom. The lowest BCUT2D eigenvalue weighted by molar-refractivity contribution is -0.114. The quantitative estimate of drug-likeness (QED) is 0.863. The van der Waals surface area contributed by atoms with Gasteiger partial charge in [0, 0.05) is 37.8 Å². The van der Waals surface area contributed by atoms with Crippen molar-refractivity contribution in [3.8, 4) is 0 Å². The molecule has 1 aliphatic rings. The highest BCUT2D eigenvalue weighted by atomic mass is 19.1. The lowest BCUT2D eigenvalue weighted by Gasteiger charge is -2.25. The van der Waals surface area contributed by atoms with Crippen molar-refractivity contribution in [3.63, 3.8) is 0 Å². The first-order chi connectivity index (χ1) is 12.0. The Morgan fingerprint density at radius 3 is 2.72 bits per heavy atom. The van der Waals surface area contributed by atoms with Gasteiger partial charge in [0.2, 0.25) is 5.91 Å². The highest BCUT2D eigenvalue weighted by Crippen LogP contribution is 2.27. The van der Waals surface area contributed by atoms with Gasteiger partial charge in [0.25, 0.3) is 0 Å². The van der Waals surface area contributed by atoms with E-state index in [1.54, 1.807) is 12.1 Å². The molecule has 0 aromatic heterocycles. The molecule has 1 fully saturated rings. The average molecular weight is 341 g/mol. The molecule has 0 spiro atoms. The summed E-state index contributed by atoms with van der Waals surface area (Å²) in [5, 5.41) is 5.98. The van der Waals surface area contributed by atoms with Crippen LogP contribution < -0.4 is 10.6 Å². The van der Waals surface area contributed by atoms with Crippen LogP contribution in [0.3, 0.4) is 0 Å². The van der Waals surface area contributed by atoms with Crippen LogP contribution >= 0.6 is 0 Å². The van der Waals surface area contributed by atoms with Crippen LogP contribution in [0.2, 0.25) is 0 Å². The van der Waals surface area contributed by atoms with E-state index >= 15 is 0 Å². The molecule has 25 heavy (non-hydrogen) atoms. The third kappa shape index (κ3) is 4.37. The van der Waals surface area contributed by atoms with Gasteiger partial charge >= 0.3 is 0 Å². The van der Waals surface area contributed by atoms with Crippen LogP contribution in [0.5, 0.6) is 0 Å². The highest BCUT2D eigenvalue weighted by Gasteiger charge is 2.26. The van der Waals surface area contributed by atoms with Gasteiger partial charge in [-0.15, -0.1) is 0 Å². The van der Waals surface area contributed by atoms with Gasteiger partial charge in [0.1, 0.15) is 5.82 Å². The maximum Gasteiger partial charge on any atom is 0.221 e. The summed E-state index contributed by atoms with van der Waals surface area (Å²) in [6.07, 6.45) is 1.03. The average Bonchev–Trinajstić information content (AvgIpc) is 3.06. The molecule has 0 bridgehead atoms. The molecule has 2 atom stereocenters. The number of hydrogen-bond donors (Lipinski definition) is 2. The Bertz CT molecular complexity index is 735. The van der Waals surface area contributed by atoms with E-state index in [1.807, 2.05) is 6.07 Å². The van der Waals surface area contributed by atoms with Crippen LogP contribution in [0.15, 0.2) is 48.5 Å². The molecule has 5 heteroatoms. The van der Waals surface area contributed by atoms with E-state index in [-0.39, 0.29) is 11.6 Å². The van der Waals surface area contributed by atoms with Crippen molar-refractivity contribution in [1.82, 2.24) is 4.90 Å². The summed E-state index contributed by atoms with van der Waals surface area (Å²) in [6.45, 7) is 5.56. The third-order valence-electron chi connectivity index (χ3n) is 4.70. The van der Waals surface area contributed by atoms with E-state index in [4.69, 9.17) is 0 Å². The first kappa shape index (κ1) is 17.4. The van der Waals surface area contributed by atoms with Crippen molar-refractivity contribution in [2.24, 2.45) is 0 Å². The zero-order valence-corrected chi connectivity index (χ0v) is 14.6. The smallest absolute Gasteiger partial charge is 0.221 e. The summed E-state index contributed by atoms with van der Waals surface area (Å²) in [7, 11) is 0. The van der Waals surface area contributed by atoms with Gasteiger partial charge in [-0.3, -0.25) is 9.69 Å². The Kier molecular flexibility index (Phi) is 5.34. The van der Waals surface area contributed by atoms with Gasteiger partial charge in [0.15, 0.2) is 0 Å². The number of amides is 1. The zero-order valence-electron chi connectivity index (χ0n) is 14.6. The maximum absolute atomic E-state index is 13.7. The summed E-state index contributed by atoms with van der Waals surface area (Å²) < 4.78 is 13.7. The first-order valence-electron chi connectivity index (χ1n) is 8.65. The summed E-state index contributed by atoms with van der Waals surface area (Å²) in [4.78, 5) is 13.6. The molecular weight excluding hydrogens is 317 g/mol. The van der Waals surface area contributed by atoms with Crippen LogP contribution in [-0.4, -0.2) is 29.9 Å². The third-order valence-corrected chi connectivity index (χ3v) is 4.70. The number of anilines is 2. The molecule has 3 rings (SSSR count). The number of carbonyl (C=O) groups excluding carboxylic acids is 1. The van der Waals surface area contributed by atoms with Gasteiger partial charge in [0.05, 0.1) is 5.69 Å². The maximum atomic E-state index is 13.7. The lowest BCUT2D eigenvalue weighted by Crippen LogP contribution is -2.28. The van der Waals surface area contributed by atoms with E-state index in [0.717, 1.165) is 25.2 Å². The summed E-state index contributed by atoms with van der Waals surface area (Å²) >= 11 is 0. The molecular formula is C20H24FN3O. The molecule has 2 aromatic carbocycles. The largest absolute Gasteiger partial charge is 0.381 e. The summed E-state index contributed by atoms with van der Waals surface area (Å²) in [6, 6.07) is 15.9. The molecule has 2 aromatic rings. The van der Waals surface area contributed by atoms with Crippen molar-refractivity contribution in [2.75, 3.05) is 23.7 Å². The Morgan fingerprint density at radius 2 is 2.00 bits per heavy atom. The Labute approximate surface area is 148 Å². The van der Waals surface area contributed by atoms with Crippen LogP contribution in [0.25, 0.3) is 0 Å². The predicted octanol–water partition coefficient (Wildman–Crippen LogP) is 4.03. The lowest BCUT2D eigenvalue weighted by atomic mass is 10.1. The van der Waals surface area contributed by atoms with Crippen LogP contribution in [0, 0.1) is 5.82 Å². The number of benzene rings is 2. The molecule has 4 nitrogen and oxygen atoms in total. The molecule has 0 radical (unpaired) electrons. The minimum Gasteiger partial charge on any atom is -0.381 e. The summed E-state index contributed by atoms with van der Waals surface area (Å²) in [5.41, 5.74) is 2.35. The number of likely N-dealkylation sites (tertiary alicyclic amines) is 1.